The van der Waals surface area contributed by atoms with E-state index in [1.807, 2.05) is 48.5 Å². The first-order valence-electron chi connectivity index (χ1n) is 8.85. The molecule has 0 aliphatic carbocycles. The first kappa shape index (κ1) is 19.4. The highest BCUT2D eigenvalue weighted by Crippen LogP contribution is 2.31. The summed E-state index contributed by atoms with van der Waals surface area (Å²) in [6, 6.07) is 15.6. The molecule has 0 spiro atoms. The molecular weight excluding hydrogens is 360 g/mol. The maximum Gasteiger partial charge on any atom is 0.338 e. The molecule has 146 valence electrons. The number of amides is 2. The summed E-state index contributed by atoms with van der Waals surface area (Å²) in [7, 11) is 1.53. The van der Waals surface area contributed by atoms with Gasteiger partial charge in [-0.3, -0.25) is 0 Å². The first-order valence-corrected chi connectivity index (χ1v) is 8.85. The zero-order chi connectivity index (χ0) is 19.9. The number of rotatable bonds is 7. The lowest BCUT2D eigenvalue weighted by Gasteiger charge is -2.28. The van der Waals surface area contributed by atoms with E-state index in [-0.39, 0.29) is 12.6 Å². The topological polar surface area (TPSA) is 85.9 Å². The maximum absolute atomic E-state index is 12.6. The number of para-hydroxylation sites is 1. The predicted octanol–water partition coefficient (Wildman–Crippen LogP) is 3.30. The molecule has 28 heavy (non-hydrogen) atoms. The van der Waals surface area contributed by atoms with E-state index in [4.69, 9.17) is 14.2 Å². The number of hydrogen-bond acceptors (Lipinski definition) is 5. The molecular formula is C21H22N2O5. The van der Waals surface area contributed by atoms with Crippen molar-refractivity contribution < 1.29 is 23.8 Å². The lowest BCUT2D eigenvalue weighted by Crippen LogP contribution is -2.45. The Hall–Kier alpha value is -3.32. The summed E-state index contributed by atoms with van der Waals surface area (Å²) in [6.45, 7) is 2.09. The van der Waals surface area contributed by atoms with Gasteiger partial charge in [0.15, 0.2) is 0 Å². The number of hydrogen-bond donors (Lipinski definition) is 2. The highest BCUT2D eigenvalue weighted by Gasteiger charge is 2.32. The van der Waals surface area contributed by atoms with Crippen LogP contribution < -0.4 is 15.4 Å². The van der Waals surface area contributed by atoms with E-state index in [9.17, 15) is 9.59 Å². The van der Waals surface area contributed by atoms with Gasteiger partial charge in [-0.1, -0.05) is 30.3 Å². The van der Waals surface area contributed by atoms with Gasteiger partial charge in [-0.25, -0.2) is 9.59 Å². The smallest absolute Gasteiger partial charge is 0.338 e. The SMILES string of the molecule is COCCOC(=O)C1=C(C)NC(=O)N[C@@H]1c1cccc(Oc2ccccc2)c1. The van der Waals surface area contributed by atoms with Crippen molar-refractivity contribution in [2.75, 3.05) is 20.3 Å². The van der Waals surface area contributed by atoms with Gasteiger partial charge in [0.25, 0.3) is 0 Å². The van der Waals surface area contributed by atoms with Gasteiger partial charge < -0.3 is 24.8 Å². The number of esters is 1. The average Bonchev–Trinajstić information content (AvgIpc) is 2.68. The summed E-state index contributed by atoms with van der Waals surface area (Å²) in [6.07, 6.45) is 0. The molecule has 7 heteroatoms. The molecule has 7 nitrogen and oxygen atoms in total. The van der Waals surface area contributed by atoms with Crippen LogP contribution in [0.4, 0.5) is 4.79 Å². The Balaban J connectivity index is 1.87. The molecule has 1 aliphatic heterocycles. The van der Waals surface area contributed by atoms with Crippen LogP contribution in [0.5, 0.6) is 11.5 Å². The monoisotopic (exact) mass is 382 g/mol. The fraction of sp³-hybridized carbons (Fsp3) is 0.238. The molecule has 1 aliphatic rings. The van der Waals surface area contributed by atoms with Gasteiger partial charge in [0.1, 0.15) is 18.1 Å². The largest absolute Gasteiger partial charge is 0.460 e. The van der Waals surface area contributed by atoms with Crippen molar-refractivity contribution in [2.45, 2.75) is 13.0 Å². The summed E-state index contributed by atoms with van der Waals surface area (Å²) in [4.78, 5) is 24.6. The summed E-state index contributed by atoms with van der Waals surface area (Å²) >= 11 is 0. The Morgan fingerprint density at radius 3 is 2.54 bits per heavy atom. The number of carbonyl (C=O) groups excluding carboxylic acids is 2. The quantitative estimate of drug-likeness (QED) is 0.567. The van der Waals surface area contributed by atoms with E-state index in [0.717, 1.165) is 0 Å². The molecule has 1 atom stereocenters. The second kappa shape index (κ2) is 9.05. The van der Waals surface area contributed by atoms with Crippen molar-refractivity contribution >= 4 is 12.0 Å². The molecule has 0 saturated carbocycles. The zero-order valence-electron chi connectivity index (χ0n) is 15.7. The van der Waals surface area contributed by atoms with E-state index >= 15 is 0 Å². The second-order valence-corrected chi connectivity index (χ2v) is 6.19. The molecule has 0 saturated heterocycles. The minimum atomic E-state index is -0.650. The fourth-order valence-electron chi connectivity index (χ4n) is 2.89. The number of methoxy groups -OCH3 is 1. The Bertz CT molecular complexity index is 879. The van der Waals surface area contributed by atoms with Crippen molar-refractivity contribution in [3.05, 3.63) is 71.4 Å². The molecule has 0 radical (unpaired) electrons. The zero-order valence-corrected chi connectivity index (χ0v) is 15.7. The molecule has 1 heterocycles. The molecule has 3 rings (SSSR count). The van der Waals surface area contributed by atoms with Crippen LogP contribution in [0.2, 0.25) is 0 Å². The van der Waals surface area contributed by atoms with Crippen molar-refractivity contribution in [1.82, 2.24) is 10.6 Å². The van der Waals surface area contributed by atoms with Gasteiger partial charge in [0.05, 0.1) is 18.2 Å². The van der Waals surface area contributed by atoms with E-state index < -0.39 is 12.0 Å². The average molecular weight is 382 g/mol. The Morgan fingerprint density at radius 2 is 1.79 bits per heavy atom. The molecule has 2 amide bonds. The van der Waals surface area contributed by atoms with Gasteiger partial charge in [-0.2, -0.15) is 0 Å². The highest BCUT2D eigenvalue weighted by molar-refractivity contribution is 5.95. The lowest BCUT2D eigenvalue weighted by atomic mass is 9.95. The molecule has 0 aromatic heterocycles. The van der Waals surface area contributed by atoms with Crippen LogP contribution >= 0.6 is 0 Å². The number of carbonyl (C=O) groups is 2. The van der Waals surface area contributed by atoms with E-state index in [1.54, 1.807) is 13.0 Å². The third-order valence-electron chi connectivity index (χ3n) is 4.18. The fourth-order valence-corrected chi connectivity index (χ4v) is 2.89. The number of nitrogens with one attached hydrogen (secondary N) is 2. The van der Waals surface area contributed by atoms with Gasteiger partial charge in [0, 0.05) is 12.8 Å². The van der Waals surface area contributed by atoms with Crippen molar-refractivity contribution in [1.29, 1.82) is 0 Å². The molecule has 0 unspecified atom stereocenters. The van der Waals surface area contributed by atoms with E-state index in [0.29, 0.717) is 34.9 Å². The summed E-state index contributed by atoms with van der Waals surface area (Å²) < 4.78 is 16.0. The van der Waals surface area contributed by atoms with Gasteiger partial charge >= 0.3 is 12.0 Å². The molecule has 0 bridgehead atoms. The number of benzene rings is 2. The lowest BCUT2D eigenvalue weighted by molar-refractivity contribution is -0.140. The van der Waals surface area contributed by atoms with Crippen LogP contribution in [0, 0.1) is 0 Å². The van der Waals surface area contributed by atoms with Crippen LogP contribution in [-0.4, -0.2) is 32.3 Å². The Kier molecular flexibility index (Phi) is 6.29. The molecule has 2 aromatic rings. The second-order valence-electron chi connectivity index (χ2n) is 6.19. The predicted molar refractivity (Wildman–Crippen MR) is 103 cm³/mol. The number of ether oxygens (including phenoxy) is 3. The third-order valence-corrected chi connectivity index (χ3v) is 4.18. The summed E-state index contributed by atoms with van der Waals surface area (Å²) in [5.41, 5.74) is 1.50. The molecule has 2 aromatic carbocycles. The van der Waals surface area contributed by atoms with Gasteiger partial charge in [-0.15, -0.1) is 0 Å². The van der Waals surface area contributed by atoms with Crippen LogP contribution in [0.15, 0.2) is 65.9 Å². The molecule has 0 fully saturated rings. The van der Waals surface area contributed by atoms with Crippen LogP contribution in [0.1, 0.15) is 18.5 Å². The number of allylic oxidation sites excluding steroid dienone is 1. The minimum Gasteiger partial charge on any atom is -0.460 e. The Morgan fingerprint density at radius 1 is 1.04 bits per heavy atom. The van der Waals surface area contributed by atoms with Gasteiger partial charge in [0.2, 0.25) is 0 Å². The highest BCUT2D eigenvalue weighted by atomic mass is 16.6. The van der Waals surface area contributed by atoms with Crippen molar-refractivity contribution in [2.24, 2.45) is 0 Å². The first-order chi connectivity index (χ1) is 13.6. The summed E-state index contributed by atoms with van der Waals surface area (Å²) in [5.74, 6) is 0.780. The van der Waals surface area contributed by atoms with E-state index in [1.165, 1.54) is 7.11 Å². The normalized spacial score (nSPS) is 16.2. The summed E-state index contributed by atoms with van der Waals surface area (Å²) in [5, 5.41) is 5.40. The third kappa shape index (κ3) is 4.69. The van der Waals surface area contributed by atoms with E-state index in [2.05, 4.69) is 10.6 Å². The molecule has 2 N–H and O–H groups in total. The Labute approximate surface area is 163 Å². The standard InChI is InChI=1S/C21H22N2O5/c1-14-18(20(24)27-12-11-26-2)19(23-21(25)22-14)15-7-6-10-17(13-15)28-16-8-4-3-5-9-16/h3-10,13,19H,11-12H2,1-2H3,(H2,22,23,25)/t19-/m1/s1. The van der Waals surface area contributed by atoms with Gasteiger partial charge in [-0.05, 0) is 36.8 Å². The maximum atomic E-state index is 12.6. The van der Waals surface area contributed by atoms with Crippen LogP contribution in [0.25, 0.3) is 0 Å². The van der Waals surface area contributed by atoms with Crippen molar-refractivity contribution in [3.8, 4) is 11.5 Å². The minimum absolute atomic E-state index is 0.129. The van der Waals surface area contributed by atoms with Crippen LogP contribution in [-0.2, 0) is 14.3 Å². The van der Waals surface area contributed by atoms with Crippen molar-refractivity contribution in [3.63, 3.8) is 0 Å². The number of urea groups is 1. The van der Waals surface area contributed by atoms with Crippen LogP contribution in [0.3, 0.4) is 0 Å².